The number of imidazole rings is 1. The highest BCUT2D eigenvalue weighted by Crippen LogP contribution is 2.23. The zero-order valence-electron chi connectivity index (χ0n) is 9.41. The lowest BCUT2D eigenvalue weighted by Crippen LogP contribution is -2.09. The first-order valence-corrected chi connectivity index (χ1v) is 5.62. The quantitative estimate of drug-likeness (QED) is 0.677. The van der Waals surface area contributed by atoms with Gasteiger partial charge in [0.2, 0.25) is 0 Å². The molecule has 2 N–H and O–H groups in total. The molecule has 0 amide bonds. The van der Waals surface area contributed by atoms with Gasteiger partial charge in [0.25, 0.3) is 5.69 Å². The van der Waals surface area contributed by atoms with Crippen LogP contribution in [0.2, 0.25) is 5.02 Å². The first kappa shape index (κ1) is 12.5. The molecule has 0 unspecified atom stereocenters. The number of halogens is 1. The van der Waals surface area contributed by atoms with E-state index in [0.717, 1.165) is 11.4 Å². The maximum Gasteiger partial charge on any atom is 0.270 e. The summed E-state index contributed by atoms with van der Waals surface area (Å²) in [7, 11) is 0. The van der Waals surface area contributed by atoms with Crippen molar-refractivity contribution in [2.75, 3.05) is 0 Å². The van der Waals surface area contributed by atoms with Crippen LogP contribution in [0.25, 0.3) is 0 Å². The molecule has 1 aromatic carbocycles. The van der Waals surface area contributed by atoms with Gasteiger partial charge in [-0.05, 0) is 11.6 Å². The van der Waals surface area contributed by atoms with E-state index in [9.17, 15) is 10.1 Å². The fourth-order valence-corrected chi connectivity index (χ4v) is 1.87. The van der Waals surface area contributed by atoms with E-state index in [1.54, 1.807) is 18.5 Å². The van der Waals surface area contributed by atoms with Crippen LogP contribution in [-0.2, 0) is 13.1 Å². The Morgan fingerprint density at radius 2 is 2.28 bits per heavy atom. The maximum atomic E-state index is 10.6. The topological polar surface area (TPSA) is 87.0 Å². The molecule has 0 radical (unpaired) electrons. The average molecular weight is 267 g/mol. The molecule has 1 heterocycles. The number of hydrogen-bond donors (Lipinski definition) is 1. The number of non-ortho nitro benzene ring substituents is 1. The number of nitrogens with zero attached hydrogens (tertiary/aromatic N) is 3. The predicted molar refractivity (Wildman–Crippen MR) is 67.3 cm³/mol. The number of rotatable bonds is 4. The van der Waals surface area contributed by atoms with Crippen LogP contribution in [0.3, 0.4) is 0 Å². The Labute approximate surface area is 108 Å². The molecule has 0 aliphatic rings. The molecule has 0 atom stereocenters. The van der Waals surface area contributed by atoms with Gasteiger partial charge in [0.15, 0.2) is 0 Å². The second kappa shape index (κ2) is 5.16. The van der Waals surface area contributed by atoms with E-state index in [1.807, 2.05) is 4.57 Å². The molecule has 2 rings (SSSR count). The third-order valence-corrected chi connectivity index (χ3v) is 2.92. The average Bonchev–Trinajstić information content (AvgIpc) is 2.78. The highest BCUT2D eigenvalue weighted by Gasteiger charge is 2.10. The van der Waals surface area contributed by atoms with Crippen molar-refractivity contribution < 1.29 is 4.92 Å². The third-order valence-electron chi connectivity index (χ3n) is 2.57. The number of nitro benzene ring substituents is 1. The van der Waals surface area contributed by atoms with Crippen molar-refractivity contribution in [3.63, 3.8) is 0 Å². The van der Waals surface area contributed by atoms with Gasteiger partial charge in [0.1, 0.15) is 5.82 Å². The van der Waals surface area contributed by atoms with E-state index in [0.29, 0.717) is 18.1 Å². The van der Waals surface area contributed by atoms with Crippen LogP contribution >= 0.6 is 11.6 Å². The van der Waals surface area contributed by atoms with Crippen LogP contribution in [0.4, 0.5) is 5.69 Å². The van der Waals surface area contributed by atoms with Gasteiger partial charge in [-0.1, -0.05) is 11.6 Å². The maximum absolute atomic E-state index is 10.6. The highest BCUT2D eigenvalue weighted by molar-refractivity contribution is 6.31. The first-order valence-electron chi connectivity index (χ1n) is 5.24. The molecule has 0 aliphatic heterocycles. The zero-order chi connectivity index (χ0) is 13.1. The van der Waals surface area contributed by atoms with Crippen molar-refractivity contribution >= 4 is 17.3 Å². The number of aromatic nitrogens is 2. The first-order chi connectivity index (χ1) is 8.61. The van der Waals surface area contributed by atoms with Gasteiger partial charge >= 0.3 is 0 Å². The number of nitro groups is 1. The highest BCUT2D eigenvalue weighted by atomic mass is 35.5. The lowest BCUT2D eigenvalue weighted by atomic mass is 10.2. The molecule has 2 aromatic rings. The number of hydrogen-bond acceptors (Lipinski definition) is 4. The van der Waals surface area contributed by atoms with Gasteiger partial charge in [0, 0.05) is 24.5 Å². The molecule has 6 nitrogen and oxygen atoms in total. The van der Waals surface area contributed by atoms with Gasteiger partial charge in [-0.15, -0.1) is 0 Å². The van der Waals surface area contributed by atoms with E-state index in [-0.39, 0.29) is 5.69 Å². The van der Waals surface area contributed by atoms with Crippen LogP contribution in [0.5, 0.6) is 0 Å². The summed E-state index contributed by atoms with van der Waals surface area (Å²) < 4.78 is 1.85. The standard InChI is InChI=1S/C11H11ClN4O2/c12-10-5-9(16(17)18)2-1-8(10)7-15-4-3-14-11(15)6-13/h1-5H,6-7,13H2. The van der Waals surface area contributed by atoms with Gasteiger partial charge in [-0.2, -0.15) is 0 Å². The van der Waals surface area contributed by atoms with E-state index in [2.05, 4.69) is 4.98 Å². The van der Waals surface area contributed by atoms with E-state index in [4.69, 9.17) is 17.3 Å². The molecular weight excluding hydrogens is 256 g/mol. The molecule has 18 heavy (non-hydrogen) atoms. The molecule has 0 spiro atoms. The van der Waals surface area contributed by atoms with Crippen molar-refractivity contribution in [3.8, 4) is 0 Å². The van der Waals surface area contributed by atoms with Crippen molar-refractivity contribution in [1.82, 2.24) is 9.55 Å². The molecule has 1 aromatic heterocycles. The largest absolute Gasteiger partial charge is 0.329 e. The molecule has 94 valence electrons. The number of benzene rings is 1. The second-order valence-corrected chi connectivity index (χ2v) is 4.12. The molecular formula is C11H11ClN4O2. The smallest absolute Gasteiger partial charge is 0.270 e. The lowest BCUT2D eigenvalue weighted by molar-refractivity contribution is -0.384. The Morgan fingerprint density at radius 1 is 1.50 bits per heavy atom. The van der Waals surface area contributed by atoms with E-state index >= 15 is 0 Å². The summed E-state index contributed by atoms with van der Waals surface area (Å²) in [5.41, 5.74) is 6.31. The molecule has 0 aliphatic carbocycles. The van der Waals surface area contributed by atoms with Crippen LogP contribution in [0, 0.1) is 10.1 Å². The van der Waals surface area contributed by atoms with Gasteiger partial charge in [0.05, 0.1) is 23.0 Å². The fraction of sp³-hybridized carbons (Fsp3) is 0.182. The summed E-state index contributed by atoms with van der Waals surface area (Å²) in [5.74, 6) is 0.740. The van der Waals surface area contributed by atoms with Crippen LogP contribution in [0.15, 0.2) is 30.6 Å². The number of nitrogens with two attached hydrogens (primary N) is 1. The van der Waals surface area contributed by atoms with Gasteiger partial charge in [-0.3, -0.25) is 10.1 Å². The van der Waals surface area contributed by atoms with Crippen molar-refractivity contribution in [1.29, 1.82) is 0 Å². The second-order valence-electron chi connectivity index (χ2n) is 3.71. The fourth-order valence-electron chi connectivity index (χ4n) is 1.64. The van der Waals surface area contributed by atoms with Crippen LogP contribution in [0.1, 0.15) is 11.4 Å². The minimum absolute atomic E-state index is 0.0200. The molecule has 0 saturated heterocycles. The Bertz CT molecular complexity index is 582. The Kier molecular flexibility index (Phi) is 3.59. The van der Waals surface area contributed by atoms with E-state index < -0.39 is 4.92 Å². The SMILES string of the molecule is NCc1nccn1Cc1ccc([N+](=O)[O-])cc1Cl. The summed E-state index contributed by atoms with van der Waals surface area (Å²) in [6.45, 7) is 0.820. The normalized spacial score (nSPS) is 10.6. The summed E-state index contributed by atoms with van der Waals surface area (Å²) in [5, 5.41) is 11.0. The molecule has 7 heteroatoms. The summed E-state index contributed by atoms with van der Waals surface area (Å²) >= 11 is 6.02. The van der Waals surface area contributed by atoms with Gasteiger partial charge < -0.3 is 10.3 Å². The summed E-state index contributed by atoms with van der Waals surface area (Å²) in [6.07, 6.45) is 3.45. The minimum Gasteiger partial charge on any atom is -0.329 e. The Hall–Kier alpha value is -1.92. The van der Waals surface area contributed by atoms with E-state index in [1.165, 1.54) is 12.1 Å². The van der Waals surface area contributed by atoms with Crippen molar-refractivity contribution in [2.45, 2.75) is 13.1 Å². The van der Waals surface area contributed by atoms with Crippen LogP contribution in [-0.4, -0.2) is 14.5 Å². The minimum atomic E-state index is -0.474. The lowest BCUT2D eigenvalue weighted by Gasteiger charge is -2.08. The van der Waals surface area contributed by atoms with Crippen molar-refractivity contribution in [2.24, 2.45) is 5.73 Å². The Balaban J connectivity index is 2.27. The predicted octanol–water partition coefficient (Wildman–Crippen LogP) is 1.95. The molecule has 0 bridgehead atoms. The van der Waals surface area contributed by atoms with Gasteiger partial charge in [-0.25, -0.2) is 4.98 Å². The molecule has 0 fully saturated rings. The van der Waals surface area contributed by atoms with Crippen LogP contribution < -0.4 is 5.73 Å². The van der Waals surface area contributed by atoms with Crippen molar-refractivity contribution in [3.05, 3.63) is 57.1 Å². The Morgan fingerprint density at radius 3 is 2.89 bits per heavy atom. The summed E-state index contributed by atoms with van der Waals surface area (Å²) in [4.78, 5) is 14.2. The molecule has 0 saturated carbocycles. The summed E-state index contributed by atoms with van der Waals surface area (Å²) in [6, 6.07) is 4.41. The monoisotopic (exact) mass is 266 g/mol. The third kappa shape index (κ3) is 2.49. The zero-order valence-corrected chi connectivity index (χ0v) is 10.2.